The third kappa shape index (κ3) is 3.31. The molecule has 0 unspecified atom stereocenters. The van der Waals surface area contributed by atoms with Crippen LogP contribution in [-0.4, -0.2) is 15.0 Å². The molecule has 0 aromatic carbocycles. The molecule has 0 saturated carbocycles. The second-order valence-corrected chi connectivity index (χ2v) is 6.26. The van der Waals surface area contributed by atoms with E-state index >= 15 is 0 Å². The number of sulfonamides is 1. The molecule has 1 rings (SSSR count). The highest BCUT2D eigenvalue weighted by atomic mass is 79.9. The minimum Gasteiger partial charge on any atom is -0.452 e. The van der Waals surface area contributed by atoms with Crippen LogP contribution in [0, 0.1) is 5.92 Å². The van der Waals surface area contributed by atoms with Crippen LogP contribution >= 0.6 is 15.9 Å². The molecule has 0 aliphatic heterocycles. The van der Waals surface area contributed by atoms with E-state index in [2.05, 4.69) is 20.7 Å². The van der Waals surface area contributed by atoms with Crippen LogP contribution in [0.2, 0.25) is 0 Å². The fraction of sp³-hybridized carbons (Fsp3) is 0.556. The Bertz CT molecular complexity index is 453. The summed E-state index contributed by atoms with van der Waals surface area (Å²) in [5, 5.41) is 0. The van der Waals surface area contributed by atoms with Crippen molar-refractivity contribution in [3.05, 3.63) is 16.5 Å². The number of halogens is 1. The number of hydrogen-bond acceptors (Lipinski definition) is 4. The van der Waals surface area contributed by atoms with Crippen molar-refractivity contribution in [2.75, 3.05) is 6.54 Å². The van der Waals surface area contributed by atoms with E-state index in [1.54, 1.807) is 0 Å². The molecule has 16 heavy (non-hydrogen) atoms. The van der Waals surface area contributed by atoms with E-state index in [0.29, 0.717) is 12.3 Å². The lowest BCUT2D eigenvalue weighted by molar-refractivity contribution is 0.483. The molecular weight excluding hydrogens is 296 g/mol. The Morgan fingerprint density at radius 1 is 1.56 bits per heavy atom. The maximum Gasteiger partial charge on any atom is 0.244 e. The Balaban J connectivity index is 2.93. The molecule has 0 bridgehead atoms. The highest BCUT2D eigenvalue weighted by Crippen LogP contribution is 2.25. The van der Waals surface area contributed by atoms with Crippen LogP contribution in [0.15, 0.2) is 20.0 Å². The molecule has 0 radical (unpaired) electrons. The number of furan rings is 1. The van der Waals surface area contributed by atoms with Gasteiger partial charge < -0.3 is 10.2 Å². The molecule has 0 aliphatic rings. The average molecular weight is 311 g/mol. The third-order valence-electron chi connectivity index (χ3n) is 1.88. The summed E-state index contributed by atoms with van der Waals surface area (Å²) in [6, 6.07) is 1.42. The van der Waals surface area contributed by atoms with Gasteiger partial charge in [-0.2, -0.15) is 0 Å². The van der Waals surface area contributed by atoms with Crippen molar-refractivity contribution in [1.29, 1.82) is 0 Å². The predicted octanol–water partition coefficient (Wildman–Crippen LogP) is 1.44. The van der Waals surface area contributed by atoms with Gasteiger partial charge in [-0.15, -0.1) is 0 Å². The summed E-state index contributed by atoms with van der Waals surface area (Å²) >= 11 is 3.06. The number of hydrogen-bond donors (Lipinski definition) is 2. The number of nitrogens with one attached hydrogen (secondary N) is 1. The Labute approximate surface area is 104 Å². The first-order valence-corrected chi connectivity index (χ1v) is 7.12. The van der Waals surface area contributed by atoms with Crippen LogP contribution in [0.5, 0.6) is 0 Å². The summed E-state index contributed by atoms with van der Waals surface area (Å²) in [5.74, 6) is 0.672. The number of rotatable bonds is 5. The quantitative estimate of drug-likeness (QED) is 0.861. The minimum absolute atomic E-state index is 0.0913. The molecule has 1 heterocycles. The van der Waals surface area contributed by atoms with Gasteiger partial charge in [0, 0.05) is 12.6 Å². The van der Waals surface area contributed by atoms with Crippen LogP contribution in [-0.2, 0) is 16.6 Å². The van der Waals surface area contributed by atoms with E-state index in [1.807, 2.05) is 13.8 Å². The van der Waals surface area contributed by atoms with Crippen molar-refractivity contribution in [3.63, 3.8) is 0 Å². The summed E-state index contributed by atoms with van der Waals surface area (Å²) in [6.07, 6.45) is 0. The maximum absolute atomic E-state index is 11.8. The summed E-state index contributed by atoms with van der Waals surface area (Å²) in [5.41, 5.74) is 5.37. The highest BCUT2D eigenvalue weighted by Gasteiger charge is 2.21. The molecule has 0 atom stereocenters. The lowest BCUT2D eigenvalue weighted by Gasteiger charge is -2.06. The lowest BCUT2D eigenvalue weighted by Crippen LogP contribution is -2.27. The Kier molecular flexibility index (Phi) is 4.54. The van der Waals surface area contributed by atoms with Crippen molar-refractivity contribution in [3.8, 4) is 0 Å². The highest BCUT2D eigenvalue weighted by molar-refractivity contribution is 9.10. The average Bonchev–Trinajstić information content (AvgIpc) is 2.57. The third-order valence-corrected chi connectivity index (χ3v) is 4.16. The van der Waals surface area contributed by atoms with Crippen molar-refractivity contribution in [2.24, 2.45) is 11.7 Å². The predicted molar refractivity (Wildman–Crippen MR) is 64.3 cm³/mol. The van der Waals surface area contributed by atoms with Crippen molar-refractivity contribution in [1.82, 2.24) is 4.72 Å². The number of nitrogens with two attached hydrogens (primary N) is 1. The van der Waals surface area contributed by atoms with Gasteiger partial charge in [0.05, 0.1) is 6.54 Å². The molecule has 0 aliphatic carbocycles. The largest absolute Gasteiger partial charge is 0.452 e. The lowest BCUT2D eigenvalue weighted by atomic mass is 10.2. The van der Waals surface area contributed by atoms with Gasteiger partial charge in [-0.05, 0) is 21.8 Å². The van der Waals surface area contributed by atoms with Crippen LogP contribution in [0.4, 0.5) is 0 Å². The van der Waals surface area contributed by atoms with Crippen LogP contribution in [0.1, 0.15) is 19.6 Å². The van der Waals surface area contributed by atoms with Crippen LogP contribution in [0.25, 0.3) is 0 Å². The zero-order chi connectivity index (χ0) is 12.3. The standard InChI is InChI=1S/C9H15BrN2O3S/c1-6(2)5-12-16(13,14)8-3-7(4-11)15-9(8)10/h3,6,12H,4-5,11H2,1-2H3. The molecule has 1 aromatic rings. The smallest absolute Gasteiger partial charge is 0.244 e. The molecule has 7 heteroatoms. The molecule has 1 aromatic heterocycles. The molecule has 0 saturated heterocycles. The fourth-order valence-corrected chi connectivity index (χ4v) is 3.25. The molecule has 92 valence electrons. The summed E-state index contributed by atoms with van der Waals surface area (Å²) in [7, 11) is -3.52. The van der Waals surface area contributed by atoms with Gasteiger partial charge in [0.1, 0.15) is 10.7 Å². The topological polar surface area (TPSA) is 85.3 Å². The monoisotopic (exact) mass is 310 g/mol. The second kappa shape index (κ2) is 5.31. The Morgan fingerprint density at radius 2 is 2.19 bits per heavy atom. The second-order valence-electron chi connectivity index (χ2n) is 3.80. The summed E-state index contributed by atoms with van der Waals surface area (Å²) in [4.78, 5) is 0.0913. The minimum atomic E-state index is -3.52. The van der Waals surface area contributed by atoms with Gasteiger partial charge in [-0.3, -0.25) is 0 Å². The molecule has 0 spiro atoms. The zero-order valence-electron chi connectivity index (χ0n) is 9.16. The van der Waals surface area contributed by atoms with E-state index in [0.717, 1.165) is 0 Å². The zero-order valence-corrected chi connectivity index (χ0v) is 11.6. The van der Waals surface area contributed by atoms with Crippen LogP contribution < -0.4 is 10.5 Å². The molecule has 5 nitrogen and oxygen atoms in total. The first kappa shape index (κ1) is 13.7. The fourth-order valence-electron chi connectivity index (χ4n) is 1.04. The van der Waals surface area contributed by atoms with E-state index < -0.39 is 10.0 Å². The van der Waals surface area contributed by atoms with Crippen LogP contribution in [0.3, 0.4) is 0 Å². The van der Waals surface area contributed by atoms with E-state index in [-0.39, 0.29) is 22.0 Å². The van der Waals surface area contributed by atoms with Gasteiger partial charge in [0.15, 0.2) is 4.67 Å². The van der Waals surface area contributed by atoms with Gasteiger partial charge >= 0.3 is 0 Å². The maximum atomic E-state index is 11.8. The SMILES string of the molecule is CC(C)CNS(=O)(=O)c1cc(CN)oc1Br. The molecule has 0 fully saturated rings. The molecule has 0 amide bonds. The normalized spacial score (nSPS) is 12.3. The Morgan fingerprint density at radius 3 is 2.62 bits per heavy atom. The van der Waals surface area contributed by atoms with Crippen molar-refractivity contribution < 1.29 is 12.8 Å². The first-order chi connectivity index (χ1) is 7.36. The molecule has 3 N–H and O–H groups in total. The van der Waals surface area contributed by atoms with E-state index in [1.165, 1.54) is 6.07 Å². The van der Waals surface area contributed by atoms with Crippen molar-refractivity contribution >= 4 is 26.0 Å². The van der Waals surface area contributed by atoms with Crippen molar-refractivity contribution in [2.45, 2.75) is 25.3 Å². The van der Waals surface area contributed by atoms with E-state index in [4.69, 9.17) is 10.2 Å². The van der Waals surface area contributed by atoms with Gasteiger partial charge in [0.25, 0.3) is 0 Å². The summed E-state index contributed by atoms with van der Waals surface area (Å²) in [6.45, 7) is 4.41. The first-order valence-electron chi connectivity index (χ1n) is 4.84. The molecular formula is C9H15BrN2O3S. The Hall–Kier alpha value is -0.370. The van der Waals surface area contributed by atoms with Gasteiger partial charge in [-0.25, -0.2) is 13.1 Å². The summed E-state index contributed by atoms with van der Waals surface area (Å²) < 4.78 is 31.5. The van der Waals surface area contributed by atoms with Gasteiger partial charge in [-0.1, -0.05) is 13.8 Å². The van der Waals surface area contributed by atoms with Gasteiger partial charge in [0.2, 0.25) is 10.0 Å². The van der Waals surface area contributed by atoms with E-state index in [9.17, 15) is 8.42 Å².